The number of nitrogens with zero attached hydrogens (tertiary/aromatic N) is 1. The van der Waals surface area contributed by atoms with Crippen molar-refractivity contribution in [3.63, 3.8) is 0 Å². The highest BCUT2D eigenvalue weighted by Gasteiger charge is 2.25. The van der Waals surface area contributed by atoms with Crippen LogP contribution >= 0.6 is 0 Å². The summed E-state index contributed by atoms with van der Waals surface area (Å²) in [5.74, 6) is -0.314. The number of hydrogen-bond acceptors (Lipinski definition) is 4. The van der Waals surface area contributed by atoms with Gasteiger partial charge < -0.3 is 4.74 Å². The van der Waals surface area contributed by atoms with Crippen LogP contribution < -0.4 is 4.72 Å². The highest BCUT2D eigenvalue weighted by Crippen LogP contribution is 2.25. The molecule has 0 unspecified atom stereocenters. The maximum absolute atomic E-state index is 13.4. The first kappa shape index (κ1) is 20.0. The van der Waals surface area contributed by atoms with Gasteiger partial charge in [-0.2, -0.15) is 0 Å². The molecule has 1 fully saturated rings. The predicted octanol–water partition coefficient (Wildman–Crippen LogP) is 3.33. The number of ether oxygens (including phenoxy) is 1. The van der Waals surface area contributed by atoms with Gasteiger partial charge in [0.25, 0.3) is 0 Å². The van der Waals surface area contributed by atoms with E-state index in [4.69, 9.17) is 4.74 Å². The quantitative estimate of drug-likeness (QED) is 0.672. The molecule has 1 saturated heterocycles. The van der Waals surface area contributed by atoms with Crippen LogP contribution in [0, 0.1) is 5.82 Å². The molecule has 7 heteroatoms. The zero-order valence-electron chi connectivity index (χ0n) is 15.9. The summed E-state index contributed by atoms with van der Waals surface area (Å²) in [6.45, 7) is 2.76. The Morgan fingerprint density at radius 2 is 1.66 bits per heavy atom. The lowest BCUT2D eigenvalue weighted by Crippen LogP contribution is -2.43. The lowest BCUT2D eigenvalue weighted by molar-refractivity contribution is 0.0172. The van der Waals surface area contributed by atoms with Gasteiger partial charge in [-0.05, 0) is 29.1 Å². The minimum atomic E-state index is -3.72. The Labute approximate surface area is 170 Å². The van der Waals surface area contributed by atoms with E-state index in [9.17, 15) is 12.8 Å². The van der Waals surface area contributed by atoms with E-state index >= 15 is 0 Å². The highest BCUT2D eigenvalue weighted by atomic mass is 32.2. The van der Waals surface area contributed by atoms with Crippen LogP contribution in [-0.4, -0.2) is 46.2 Å². The Kier molecular flexibility index (Phi) is 5.91. The third-order valence-corrected chi connectivity index (χ3v) is 6.73. The first-order valence-electron chi connectivity index (χ1n) is 9.59. The fraction of sp³-hybridized carbons (Fsp3) is 0.273. The maximum atomic E-state index is 13.4. The van der Waals surface area contributed by atoms with Crippen molar-refractivity contribution in [3.05, 3.63) is 78.1 Å². The molecule has 0 radical (unpaired) electrons. The molecule has 1 aliphatic rings. The first-order chi connectivity index (χ1) is 14.0. The van der Waals surface area contributed by atoms with Gasteiger partial charge in [-0.1, -0.05) is 48.5 Å². The molecule has 1 atom stereocenters. The van der Waals surface area contributed by atoms with E-state index in [0.29, 0.717) is 31.7 Å². The lowest BCUT2D eigenvalue weighted by Gasteiger charge is -2.35. The van der Waals surface area contributed by atoms with Crippen LogP contribution in [0.4, 0.5) is 4.39 Å². The third kappa shape index (κ3) is 4.48. The van der Waals surface area contributed by atoms with Crippen LogP contribution in [0.15, 0.2) is 71.6 Å². The number of hydrogen-bond donors (Lipinski definition) is 1. The summed E-state index contributed by atoms with van der Waals surface area (Å²) in [5.41, 5.74) is 0.869. The van der Waals surface area contributed by atoms with E-state index in [1.807, 2.05) is 30.3 Å². The van der Waals surface area contributed by atoms with Crippen LogP contribution in [0.25, 0.3) is 10.8 Å². The Morgan fingerprint density at radius 3 is 2.41 bits per heavy atom. The first-order valence-corrected chi connectivity index (χ1v) is 11.1. The largest absolute Gasteiger partial charge is 0.379 e. The Balaban J connectivity index is 1.61. The standard InChI is InChI=1S/C22H23FN2O3S/c23-19-10-8-18(9-11-19)21(25-12-14-28-15-13-25)16-24-29(26,27)22-7-3-5-17-4-1-2-6-20(17)22/h1-11,21,24H,12-16H2/t21-/m0/s1. The van der Waals surface area contributed by atoms with E-state index in [1.54, 1.807) is 24.3 Å². The Bertz CT molecular complexity index is 1080. The van der Waals surface area contributed by atoms with Crippen molar-refractivity contribution in [2.24, 2.45) is 0 Å². The number of benzene rings is 3. The van der Waals surface area contributed by atoms with Gasteiger partial charge in [0.15, 0.2) is 0 Å². The molecule has 152 valence electrons. The smallest absolute Gasteiger partial charge is 0.241 e. The number of halogens is 1. The van der Waals surface area contributed by atoms with E-state index in [0.717, 1.165) is 10.9 Å². The summed E-state index contributed by atoms with van der Waals surface area (Å²) in [6, 6.07) is 18.7. The molecule has 0 aromatic heterocycles. The zero-order valence-corrected chi connectivity index (χ0v) is 16.7. The summed E-state index contributed by atoms with van der Waals surface area (Å²) < 4.78 is 47.8. The fourth-order valence-corrected chi connectivity index (χ4v) is 4.99. The average molecular weight is 415 g/mol. The molecule has 3 aromatic carbocycles. The lowest BCUT2D eigenvalue weighted by atomic mass is 10.0. The Morgan fingerprint density at radius 1 is 0.966 bits per heavy atom. The second kappa shape index (κ2) is 8.59. The van der Waals surface area contributed by atoms with Crippen molar-refractivity contribution in [2.75, 3.05) is 32.8 Å². The summed E-state index contributed by atoms with van der Waals surface area (Å²) >= 11 is 0. The van der Waals surface area contributed by atoms with Gasteiger partial charge in [-0.15, -0.1) is 0 Å². The number of fused-ring (bicyclic) bond motifs is 1. The summed E-state index contributed by atoms with van der Waals surface area (Å²) in [5, 5.41) is 1.56. The van der Waals surface area contributed by atoms with Gasteiger partial charge in [0, 0.05) is 31.1 Å². The van der Waals surface area contributed by atoms with Gasteiger partial charge in [-0.3, -0.25) is 4.90 Å². The number of rotatable bonds is 6. The minimum absolute atomic E-state index is 0.192. The molecule has 0 spiro atoms. The van der Waals surface area contributed by atoms with E-state index in [1.165, 1.54) is 12.1 Å². The normalized spacial score (nSPS) is 16.7. The van der Waals surface area contributed by atoms with Crippen molar-refractivity contribution in [3.8, 4) is 0 Å². The second-order valence-electron chi connectivity index (χ2n) is 7.04. The van der Waals surface area contributed by atoms with Crippen LogP contribution in [0.5, 0.6) is 0 Å². The third-order valence-electron chi connectivity index (χ3n) is 5.25. The van der Waals surface area contributed by atoms with Gasteiger partial charge in [-0.25, -0.2) is 17.5 Å². The Hall–Kier alpha value is -2.32. The second-order valence-corrected chi connectivity index (χ2v) is 8.78. The van der Waals surface area contributed by atoms with Crippen molar-refractivity contribution in [2.45, 2.75) is 10.9 Å². The molecule has 29 heavy (non-hydrogen) atoms. The number of nitrogens with one attached hydrogen (secondary N) is 1. The molecular formula is C22H23FN2O3S. The van der Waals surface area contributed by atoms with Gasteiger partial charge in [0.05, 0.1) is 18.1 Å². The van der Waals surface area contributed by atoms with E-state index < -0.39 is 10.0 Å². The molecule has 0 saturated carbocycles. The molecule has 0 bridgehead atoms. The van der Waals surface area contributed by atoms with Crippen LogP contribution in [0.2, 0.25) is 0 Å². The predicted molar refractivity (Wildman–Crippen MR) is 111 cm³/mol. The molecular weight excluding hydrogens is 391 g/mol. The van der Waals surface area contributed by atoms with Crippen LogP contribution in [-0.2, 0) is 14.8 Å². The molecule has 1 heterocycles. The topological polar surface area (TPSA) is 58.6 Å². The van der Waals surface area contributed by atoms with Gasteiger partial charge in [0.1, 0.15) is 5.82 Å². The summed E-state index contributed by atoms with van der Waals surface area (Å²) in [6.07, 6.45) is 0. The van der Waals surface area contributed by atoms with Gasteiger partial charge >= 0.3 is 0 Å². The van der Waals surface area contributed by atoms with Gasteiger partial charge in [0.2, 0.25) is 10.0 Å². The number of morpholine rings is 1. The van der Waals surface area contributed by atoms with Crippen molar-refractivity contribution in [1.29, 1.82) is 0 Å². The van der Waals surface area contributed by atoms with E-state index in [-0.39, 0.29) is 23.3 Å². The summed E-state index contributed by atoms with van der Waals surface area (Å²) in [7, 11) is -3.72. The average Bonchev–Trinajstić information content (AvgIpc) is 2.75. The zero-order chi connectivity index (χ0) is 20.3. The van der Waals surface area contributed by atoms with E-state index in [2.05, 4.69) is 9.62 Å². The summed E-state index contributed by atoms with van der Waals surface area (Å²) in [4.78, 5) is 2.43. The molecule has 0 aliphatic carbocycles. The molecule has 0 amide bonds. The minimum Gasteiger partial charge on any atom is -0.379 e. The van der Waals surface area contributed by atoms with Crippen LogP contribution in [0.1, 0.15) is 11.6 Å². The van der Waals surface area contributed by atoms with Crippen molar-refractivity contribution in [1.82, 2.24) is 9.62 Å². The molecule has 5 nitrogen and oxygen atoms in total. The molecule has 3 aromatic rings. The fourth-order valence-electron chi connectivity index (χ4n) is 3.73. The molecule has 1 N–H and O–H groups in total. The SMILES string of the molecule is O=S(=O)(NC[C@@H](c1ccc(F)cc1)N1CCOCC1)c1cccc2ccccc12. The highest BCUT2D eigenvalue weighted by molar-refractivity contribution is 7.89. The van der Waals surface area contributed by atoms with Crippen LogP contribution in [0.3, 0.4) is 0 Å². The molecule has 1 aliphatic heterocycles. The van der Waals surface area contributed by atoms with Crippen molar-refractivity contribution >= 4 is 20.8 Å². The van der Waals surface area contributed by atoms with Crippen molar-refractivity contribution < 1.29 is 17.5 Å². The number of sulfonamides is 1. The maximum Gasteiger partial charge on any atom is 0.241 e. The monoisotopic (exact) mass is 414 g/mol. The molecule has 4 rings (SSSR count).